The van der Waals surface area contributed by atoms with Gasteiger partial charge in [-0.3, -0.25) is 4.79 Å². The first-order valence-electron chi connectivity index (χ1n) is 9.73. The molecule has 3 amide bonds. The van der Waals surface area contributed by atoms with Crippen molar-refractivity contribution in [1.82, 2.24) is 10.2 Å². The lowest BCUT2D eigenvalue weighted by atomic mass is 10.1. The maximum atomic E-state index is 12.6. The van der Waals surface area contributed by atoms with Crippen molar-refractivity contribution in [2.75, 3.05) is 32.6 Å². The van der Waals surface area contributed by atoms with Crippen molar-refractivity contribution in [2.24, 2.45) is 0 Å². The summed E-state index contributed by atoms with van der Waals surface area (Å²) in [6, 6.07) is 14.3. The molecular weight excluding hydrogens is 370 g/mol. The molecule has 0 radical (unpaired) electrons. The average Bonchev–Trinajstić information content (AvgIpc) is 3.24. The summed E-state index contributed by atoms with van der Waals surface area (Å²) in [7, 11) is 3.19. The third kappa shape index (κ3) is 5.19. The first-order chi connectivity index (χ1) is 14.1. The number of likely N-dealkylation sites (tertiary alicyclic amines) is 1. The normalized spacial score (nSPS) is 15.7. The Morgan fingerprint density at radius 1 is 1.07 bits per heavy atom. The van der Waals surface area contributed by atoms with Crippen molar-refractivity contribution in [3.63, 3.8) is 0 Å². The third-order valence-corrected chi connectivity index (χ3v) is 5.00. The van der Waals surface area contributed by atoms with Gasteiger partial charge in [0.05, 0.1) is 14.2 Å². The highest BCUT2D eigenvalue weighted by Gasteiger charge is 2.34. The summed E-state index contributed by atoms with van der Waals surface area (Å²) >= 11 is 0. The molecule has 0 saturated carbocycles. The zero-order chi connectivity index (χ0) is 20.6. The molecule has 7 heteroatoms. The van der Waals surface area contributed by atoms with Crippen LogP contribution < -0.4 is 20.1 Å². The van der Waals surface area contributed by atoms with Crippen LogP contribution in [-0.2, 0) is 11.2 Å². The third-order valence-electron chi connectivity index (χ3n) is 5.00. The minimum atomic E-state index is -0.448. The SMILES string of the molecule is COc1ccc(CCNC(=O)N2CCCC2C(=O)Nc2ccccc2)cc1OC. The Morgan fingerprint density at radius 3 is 2.55 bits per heavy atom. The number of methoxy groups -OCH3 is 2. The lowest BCUT2D eigenvalue weighted by molar-refractivity contribution is -0.119. The van der Waals surface area contributed by atoms with Gasteiger partial charge in [-0.05, 0) is 49.1 Å². The van der Waals surface area contributed by atoms with Crippen LogP contribution in [-0.4, -0.2) is 50.2 Å². The highest BCUT2D eigenvalue weighted by molar-refractivity contribution is 5.97. The van der Waals surface area contributed by atoms with Gasteiger partial charge in [-0.1, -0.05) is 24.3 Å². The van der Waals surface area contributed by atoms with Crippen LogP contribution >= 0.6 is 0 Å². The van der Waals surface area contributed by atoms with E-state index in [1.165, 1.54) is 0 Å². The summed E-state index contributed by atoms with van der Waals surface area (Å²) in [6.07, 6.45) is 2.14. The fourth-order valence-corrected chi connectivity index (χ4v) is 3.48. The van der Waals surface area contributed by atoms with Gasteiger partial charge in [-0.2, -0.15) is 0 Å². The topological polar surface area (TPSA) is 79.9 Å². The second-order valence-corrected chi connectivity index (χ2v) is 6.88. The van der Waals surface area contributed by atoms with Gasteiger partial charge in [0.2, 0.25) is 5.91 Å². The van der Waals surface area contributed by atoms with Crippen molar-refractivity contribution < 1.29 is 19.1 Å². The van der Waals surface area contributed by atoms with Gasteiger partial charge in [-0.25, -0.2) is 4.79 Å². The number of carbonyl (C=O) groups excluding carboxylic acids is 2. The lowest BCUT2D eigenvalue weighted by Crippen LogP contribution is -2.48. The number of para-hydroxylation sites is 1. The molecule has 0 aromatic heterocycles. The second kappa shape index (κ2) is 9.82. The van der Waals surface area contributed by atoms with Gasteiger partial charge in [0.15, 0.2) is 11.5 Å². The van der Waals surface area contributed by atoms with E-state index in [0.29, 0.717) is 37.4 Å². The number of hydrogen-bond acceptors (Lipinski definition) is 4. The van der Waals surface area contributed by atoms with Gasteiger partial charge in [0.1, 0.15) is 6.04 Å². The largest absolute Gasteiger partial charge is 0.493 e. The molecule has 1 atom stereocenters. The van der Waals surface area contributed by atoms with Crippen molar-refractivity contribution >= 4 is 17.6 Å². The predicted octanol–water partition coefficient (Wildman–Crippen LogP) is 3.06. The molecule has 1 saturated heterocycles. The zero-order valence-corrected chi connectivity index (χ0v) is 16.8. The number of ether oxygens (including phenoxy) is 2. The summed E-state index contributed by atoms with van der Waals surface area (Å²) in [5.41, 5.74) is 1.76. The van der Waals surface area contributed by atoms with Crippen LogP contribution in [0.3, 0.4) is 0 Å². The van der Waals surface area contributed by atoms with Crippen molar-refractivity contribution in [1.29, 1.82) is 0 Å². The number of amides is 3. The van der Waals surface area contributed by atoms with Crippen LogP contribution in [0, 0.1) is 0 Å². The molecule has 3 rings (SSSR count). The Hall–Kier alpha value is -3.22. The second-order valence-electron chi connectivity index (χ2n) is 6.88. The molecule has 1 unspecified atom stereocenters. The predicted molar refractivity (Wildman–Crippen MR) is 111 cm³/mol. The number of nitrogens with one attached hydrogen (secondary N) is 2. The van der Waals surface area contributed by atoms with E-state index in [0.717, 1.165) is 17.7 Å². The van der Waals surface area contributed by atoms with E-state index < -0.39 is 6.04 Å². The molecule has 2 aromatic carbocycles. The molecule has 154 valence electrons. The maximum absolute atomic E-state index is 12.6. The Kier molecular flexibility index (Phi) is 6.94. The average molecular weight is 397 g/mol. The van der Waals surface area contributed by atoms with E-state index in [1.54, 1.807) is 19.1 Å². The Bertz CT molecular complexity index is 841. The van der Waals surface area contributed by atoms with E-state index in [-0.39, 0.29) is 11.9 Å². The minimum absolute atomic E-state index is 0.149. The first kappa shape index (κ1) is 20.5. The van der Waals surface area contributed by atoms with Crippen molar-refractivity contribution in [2.45, 2.75) is 25.3 Å². The minimum Gasteiger partial charge on any atom is -0.493 e. The standard InChI is InChI=1S/C22H27N3O4/c1-28-19-11-10-16(15-20(19)29-2)12-13-23-22(27)25-14-6-9-18(25)21(26)24-17-7-4-3-5-8-17/h3-5,7-8,10-11,15,18H,6,9,12-14H2,1-2H3,(H,23,27)(H,24,26). The monoisotopic (exact) mass is 397 g/mol. The van der Waals surface area contributed by atoms with Gasteiger partial charge in [-0.15, -0.1) is 0 Å². The number of urea groups is 1. The van der Waals surface area contributed by atoms with Gasteiger partial charge < -0.3 is 25.0 Å². The van der Waals surface area contributed by atoms with Crippen LogP contribution in [0.4, 0.5) is 10.5 Å². The van der Waals surface area contributed by atoms with Gasteiger partial charge >= 0.3 is 6.03 Å². The highest BCUT2D eigenvalue weighted by Crippen LogP contribution is 2.27. The smallest absolute Gasteiger partial charge is 0.318 e. The Balaban J connectivity index is 1.52. The Morgan fingerprint density at radius 2 is 1.83 bits per heavy atom. The molecule has 29 heavy (non-hydrogen) atoms. The van der Waals surface area contributed by atoms with E-state index in [2.05, 4.69) is 10.6 Å². The van der Waals surface area contributed by atoms with Gasteiger partial charge in [0.25, 0.3) is 0 Å². The number of rotatable bonds is 7. The van der Waals surface area contributed by atoms with Crippen LogP contribution in [0.2, 0.25) is 0 Å². The highest BCUT2D eigenvalue weighted by atomic mass is 16.5. The number of hydrogen-bond donors (Lipinski definition) is 2. The molecule has 2 N–H and O–H groups in total. The quantitative estimate of drug-likeness (QED) is 0.753. The summed E-state index contributed by atoms with van der Waals surface area (Å²) in [4.78, 5) is 26.8. The molecular formula is C22H27N3O4. The molecule has 2 aromatic rings. The van der Waals surface area contributed by atoms with Crippen molar-refractivity contribution in [3.8, 4) is 11.5 Å². The lowest BCUT2D eigenvalue weighted by Gasteiger charge is -2.24. The maximum Gasteiger partial charge on any atom is 0.318 e. The molecule has 7 nitrogen and oxygen atoms in total. The molecule has 0 aliphatic carbocycles. The molecule has 1 aliphatic heterocycles. The molecule has 1 heterocycles. The van der Waals surface area contributed by atoms with Crippen LogP contribution in [0.15, 0.2) is 48.5 Å². The van der Waals surface area contributed by atoms with Crippen LogP contribution in [0.5, 0.6) is 11.5 Å². The van der Waals surface area contributed by atoms with Crippen LogP contribution in [0.25, 0.3) is 0 Å². The van der Waals surface area contributed by atoms with Crippen molar-refractivity contribution in [3.05, 3.63) is 54.1 Å². The number of nitrogens with zero attached hydrogens (tertiary/aromatic N) is 1. The Labute approximate surface area is 171 Å². The summed E-state index contributed by atoms with van der Waals surface area (Å²) in [5.74, 6) is 1.18. The molecule has 1 aliphatic rings. The van der Waals surface area contributed by atoms with E-state index in [1.807, 2.05) is 48.5 Å². The number of benzene rings is 2. The summed E-state index contributed by atoms with van der Waals surface area (Å²) < 4.78 is 10.5. The van der Waals surface area contributed by atoms with E-state index >= 15 is 0 Å². The fraction of sp³-hybridized carbons (Fsp3) is 0.364. The number of carbonyl (C=O) groups is 2. The molecule has 1 fully saturated rings. The van der Waals surface area contributed by atoms with E-state index in [4.69, 9.17) is 9.47 Å². The first-order valence-corrected chi connectivity index (χ1v) is 9.73. The van der Waals surface area contributed by atoms with Gasteiger partial charge in [0, 0.05) is 18.8 Å². The summed E-state index contributed by atoms with van der Waals surface area (Å²) in [5, 5.41) is 5.81. The molecule has 0 bridgehead atoms. The fourth-order valence-electron chi connectivity index (χ4n) is 3.48. The summed E-state index contributed by atoms with van der Waals surface area (Å²) in [6.45, 7) is 1.05. The zero-order valence-electron chi connectivity index (χ0n) is 16.8. The molecule has 0 spiro atoms. The number of anilines is 1. The van der Waals surface area contributed by atoms with E-state index in [9.17, 15) is 9.59 Å². The van der Waals surface area contributed by atoms with Crippen LogP contribution in [0.1, 0.15) is 18.4 Å².